The summed E-state index contributed by atoms with van der Waals surface area (Å²) in [5, 5.41) is 2.96. The third-order valence-electron chi connectivity index (χ3n) is 6.60. The lowest BCUT2D eigenvalue weighted by atomic mass is 10.1. The van der Waals surface area contributed by atoms with Crippen LogP contribution in [0.2, 0.25) is 0 Å². The quantitative estimate of drug-likeness (QED) is 0.513. The van der Waals surface area contributed by atoms with Crippen LogP contribution in [0.15, 0.2) is 72.8 Å². The number of aryl methyl sites for hydroxylation is 2. The van der Waals surface area contributed by atoms with Gasteiger partial charge in [0.25, 0.3) is 5.91 Å². The molecular weight excluding hydrogens is 455 g/mol. The van der Waals surface area contributed by atoms with Gasteiger partial charge < -0.3 is 15.1 Å². The van der Waals surface area contributed by atoms with Crippen LogP contribution in [0.3, 0.4) is 0 Å². The van der Waals surface area contributed by atoms with Gasteiger partial charge in [-0.3, -0.25) is 9.69 Å². The normalized spacial score (nSPS) is 13.9. The van der Waals surface area contributed by atoms with Crippen molar-refractivity contribution in [3.63, 3.8) is 0 Å². The second kappa shape index (κ2) is 11.8. The van der Waals surface area contributed by atoms with Crippen LogP contribution >= 0.6 is 0 Å². The topological polar surface area (TPSA) is 55.9 Å². The lowest BCUT2D eigenvalue weighted by Crippen LogP contribution is -2.51. The summed E-state index contributed by atoms with van der Waals surface area (Å²) in [6.45, 7) is 8.33. The Labute approximate surface area is 212 Å². The molecule has 3 aromatic carbocycles. The summed E-state index contributed by atoms with van der Waals surface area (Å²) in [5.41, 5.74) is 4.43. The lowest BCUT2D eigenvalue weighted by Gasteiger charge is -2.36. The van der Waals surface area contributed by atoms with Crippen molar-refractivity contribution in [2.45, 2.75) is 20.4 Å². The Morgan fingerprint density at radius 2 is 1.56 bits per heavy atom. The molecule has 0 saturated carbocycles. The van der Waals surface area contributed by atoms with E-state index in [1.54, 1.807) is 12.1 Å². The monoisotopic (exact) mass is 488 g/mol. The largest absolute Gasteiger partial charge is 0.333 e. The second-order valence-corrected chi connectivity index (χ2v) is 9.29. The summed E-state index contributed by atoms with van der Waals surface area (Å²) in [5.74, 6) is -0.326. The SMILES string of the molecule is Cc1ccc(NC(=O)N2CCN(CCN(Cc3ccc(F)cc3)C(=O)c3ccccc3C)CC2)cc1. The minimum Gasteiger partial charge on any atom is -0.333 e. The van der Waals surface area contributed by atoms with E-state index in [0.29, 0.717) is 38.3 Å². The van der Waals surface area contributed by atoms with Gasteiger partial charge in [0, 0.05) is 57.1 Å². The van der Waals surface area contributed by atoms with Crippen molar-refractivity contribution in [2.24, 2.45) is 0 Å². The summed E-state index contributed by atoms with van der Waals surface area (Å²) in [4.78, 5) is 32.0. The van der Waals surface area contributed by atoms with E-state index in [4.69, 9.17) is 0 Å². The van der Waals surface area contributed by atoms with Crippen molar-refractivity contribution < 1.29 is 14.0 Å². The number of nitrogens with one attached hydrogen (secondary N) is 1. The number of benzene rings is 3. The molecule has 4 rings (SSSR count). The van der Waals surface area contributed by atoms with Crippen molar-refractivity contribution in [1.82, 2.24) is 14.7 Å². The number of urea groups is 1. The number of rotatable bonds is 7. The molecule has 36 heavy (non-hydrogen) atoms. The predicted octanol–water partition coefficient (Wildman–Crippen LogP) is 4.93. The average molecular weight is 489 g/mol. The van der Waals surface area contributed by atoms with Gasteiger partial charge in [0.05, 0.1) is 0 Å². The van der Waals surface area contributed by atoms with Gasteiger partial charge in [0.2, 0.25) is 0 Å². The molecule has 0 radical (unpaired) electrons. The van der Waals surface area contributed by atoms with Crippen LogP contribution in [0, 0.1) is 19.7 Å². The Hall–Kier alpha value is -3.71. The predicted molar refractivity (Wildman–Crippen MR) is 141 cm³/mol. The van der Waals surface area contributed by atoms with Crippen LogP contribution in [-0.4, -0.2) is 65.9 Å². The molecule has 188 valence electrons. The molecule has 0 aliphatic carbocycles. The molecule has 0 bridgehead atoms. The summed E-state index contributed by atoms with van der Waals surface area (Å²) >= 11 is 0. The van der Waals surface area contributed by atoms with Crippen molar-refractivity contribution in [2.75, 3.05) is 44.6 Å². The van der Waals surface area contributed by atoms with Crippen LogP contribution < -0.4 is 5.32 Å². The highest BCUT2D eigenvalue weighted by atomic mass is 19.1. The van der Waals surface area contributed by atoms with Crippen molar-refractivity contribution in [1.29, 1.82) is 0 Å². The van der Waals surface area contributed by atoms with Gasteiger partial charge >= 0.3 is 6.03 Å². The summed E-state index contributed by atoms with van der Waals surface area (Å²) < 4.78 is 13.4. The van der Waals surface area contributed by atoms with Crippen molar-refractivity contribution >= 4 is 17.6 Å². The van der Waals surface area contributed by atoms with Gasteiger partial charge in [-0.2, -0.15) is 0 Å². The second-order valence-electron chi connectivity index (χ2n) is 9.29. The van der Waals surface area contributed by atoms with Crippen LogP contribution in [0.1, 0.15) is 27.0 Å². The molecule has 0 aromatic heterocycles. The molecule has 1 saturated heterocycles. The Balaban J connectivity index is 1.34. The maximum Gasteiger partial charge on any atom is 0.321 e. The molecule has 3 amide bonds. The molecule has 7 heteroatoms. The summed E-state index contributed by atoms with van der Waals surface area (Å²) in [6, 6.07) is 21.5. The fraction of sp³-hybridized carbons (Fsp3) is 0.310. The first-order valence-corrected chi connectivity index (χ1v) is 12.3. The fourth-order valence-corrected chi connectivity index (χ4v) is 4.32. The molecule has 6 nitrogen and oxygen atoms in total. The molecule has 1 aliphatic rings. The summed E-state index contributed by atoms with van der Waals surface area (Å²) in [6.07, 6.45) is 0. The van der Waals surface area contributed by atoms with E-state index < -0.39 is 0 Å². The molecule has 0 atom stereocenters. The van der Waals surface area contributed by atoms with Crippen LogP contribution in [-0.2, 0) is 6.54 Å². The summed E-state index contributed by atoms with van der Waals surface area (Å²) in [7, 11) is 0. The van der Waals surface area contributed by atoms with Gasteiger partial charge in [0.15, 0.2) is 0 Å². The van der Waals surface area contributed by atoms with Gasteiger partial charge in [-0.1, -0.05) is 48.0 Å². The standard InChI is InChI=1S/C29H33FN4O2/c1-22-7-13-26(14-8-22)31-29(36)33-18-15-32(16-19-33)17-20-34(21-24-9-11-25(30)12-10-24)28(35)27-6-4-3-5-23(27)2/h3-14H,15-21H2,1-2H3,(H,31,36). The third-order valence-corrected chi connectivity index (χ3v) is 6.60. The first-order valence-electron chi connectivity index (χ1n) is 12.3. The molecule has 1 fully saturated rings. The number of anilines is 1. The number of piperazine rings is 1. The third kappa shape index (κ3) is 6.70. The molecule has 1 heterocycles. The van der Waals surface area contributed by atoms with E-state index in [-0.39, 0.29) is 17.8 Å². The fourth-order valence-electron chi connectivity index (χ4n) is 4.32. The number of hydrogen-bond acceptors (Lipinski definition) is 3. The first-order chi connectivity index (χ1) is 17.4. The molecular formula is C29H33FN4O2. The zero-order valence-electron chi connectivity index (χ0n) is 20.9. The van der Waals surface area contributed by atoms with E-state index >= 15 is 0 Å². The van der Waals surface area contributed by atoms with Crippen LogP contribution in [0.5, 0.6) is 0 Å². The molecule has 1 N–H and O–H groups in total. The smallest absolute Gasteiger partial charge is 0.321 e. The zero-order chi connectivity index (χ0) is 25.5. The Morgan fingerprint density at radius 1 is 0.889 bits per heavy atom. The zero-order valence-corrected chi connectivity index (χ0v) is 20.9. The molecule has 0 spiro atoms. The van der Waals surface area contributed by atoms with E-state index in [1.807, 2.05) is 72.2 Å². The molecule has 1 aliphatic heterocycles. The number of halogens is 1. The van der Waals surface area contributed by atoms with E-state index in [1.165, 1.54) is 12.1 Å². The molecule has 0 unspecified atom stereocenters. The number of amides is 3. The highest BCUT2D eigenvalue weighted by Crippen LogP contribution is 2.15. The van der Waals surface area contributed by atoms with E-state index in [9.17, 15) is 14.0 Å². The Bertz CT molecular complexity index is 1170. The molecule has 3 aromatic rings. The van der Waals surface area contributed by atoms with Crippen LogP contribution in [0.4, 0.5) is 14.9 Å². The minimum absolute atomic E-state index is 0.0338. The number of carbonyl (C=O) groups excluding carboxylic acids is 2. The van der Waals surface area contributed by atoms with Gasteiger partial charge in [-0.05, 0) is 55.3 Å². The Morgan fingerprint density at radius 3 is 2.22 bits per heavy atom. The van der Waals surface area contributed by atoms with Crippen molar-refractivity contribution in [3.8, 4) is 0 Å². The van der Waals surface area contributed by atoms with E-state index in [0.717, 1.165) is 35.5 Å². The number of carbonyl (C=O) groups is 2. The van der Waals surface area contributed by atoms with Gasteiger partial charge in [0.1, 0.15) is 5.82 Å². The highest BCUT2D eigenvalue weighted by molar-refractivity contribution is 5.95. The maximum absolute atomic E-state index is 13.4. The maximum atomic E-state index is 13.4. The Kier molecular flexibility index (Phi) is 8.33. The number of nitrogens with zero attached hydrogens (tertiary/aromatic N) is 3. The van der Waals surface area contributed by atoms with Crippen LogP contribution in [0.25, 0.3) is 0 Å². The highest BCUT2D eigenvalue weighted by Gasteiger charge is 2.23. The van der Waals surface area contributed by atoms with Gasteiger partial charge in [-0.15, -0.1) is 0 Å². The number of hydrogen-bond donors (Lipinski definition) is 1. The first kappa shape index (κ1) is 25.4. The average Bonchev–Trinajstić information content (AvgIpc) is 2.89. The van der Waals surface area contributed by atoms with E-state index in [2.05, 4.69) is 10.2 Å². The minimum atomic E-state index is -0.292. The van der Waals surface area contributed by atoms with Crippen molar-refractivity contribution in [3.05, 3.63) is 101 Å². The van der Waals surface area contributed by atoms with Gasteiger partial charge in [-0.25, -0.2) is 9.18 Å². The lowest BCUT2D eigenvalue weighted by molar-refractivity contribution is 0.0704.